The summed E-state index contributed by atoms with van der Waals surface area (Å²) >= 11 is 6.59. The molecule has 1 saturated heterocycles. The van der Waals surface area contributed by atoms with E-state index in [9.17, 15) is 13.5 Å². The maximum absolute atomic E-state index is 12.8. The molecule has 2 heterocycles. The minimum atomic E-state index is -3.62. The summed E-state index contributed by atoms with van der Waals surface area (Å²) in [6, 6.07) is 8.88. The molecule has 2 aromatic carbocycles. The second-order valence-corrected chi connectivity index (χ2v) is 9.26. The first kappa shape index (κ1) is 18.4. The zero-order chi connectivity index (χ0) is 19.3. The topological polar surface area (TPSA) is 96.0 Å². The molecule has 4 rings (SSSR count). The van der Waals surface area contributed by atoms with Crippen LogP contribution in [0.25, 0.3) is 11.1 Å². The lowest BCUT2D eigenvalue weighted by atomic mass is 9.96. The second-order valence-electron chi connectivity index (χ2n) is 6.94. The molecule has 3 N–H and O–H groups in total. The first-order valence-electron chi connectivity index (χ1n) is 8.70. The van der Waals surface area contributed by atoms with Gasteiger partial charge in [-0.2, -0.15) is 4.31 Å². The van der Waals surface area contributed by atoms with Gasteiger partial charge in [0.15, 0.2) is 0 Å². The number of fused-ring (bicyclic) bond motifs is 1. The highest BCUT2D eigenvalue weighted by Gasteiger charge is 2.32. The van der Waals surface area contributed by atoms with E-state index in [0.29, 0.717) is 30.4 Å². The Hall–Kier alpha value is -1.93. The number of β-amino-alcohol motifs (C(OH)–C–C–N with tert-alkyl or cyclic N) is 1. The van der Waals surface area contributed by atoms with Gasteiger partial charge in [0.1, 0.15) is 5.84 Å². The number of aliphatic hydroxyl groups is 1. The van der Waals surface area contributed by atoms with Gasteiger partial charge in [-0.15, -0.1) is 0 Å². The number of aliphatic imine (C=N–C) groups is 1. The molecule has 27 heavy (non-hydrogen) atoms. The number of aliphatic hydroxyl groups excluding tert-OH is 1. The fourth-order valence-corrected chi connectivity index (χ4v) is 5.62. The van der Waals surface area contributed by atoms with Crippen LogP contribution in [0.4, 0.5) is 0 Å². The molecule has 0 aromatic heterocycles. The van der Waals surface area contributed by atoms with Gasteiger partial charge in [0.25, 0.3) is 0 Å². The zero-order valence-electron chi connectivity index (χ0n) is 14.8. The van der Waals surface area contributed by atoms with Gasteiger partial charge in [-0.05, 0) is 42.2 Å². The normalized spacial score (nSPS) is 20.0. The van der Waals surface area contributed by atoms with Crippen LogP contribution in [0.15, 0.2) is 40.2 Å². The molecule has 8 heteroatoms. The second kappa shape index (κ2) is 6.60. The highest BCUT2D eigenvalue weighted by molar-refractivity contribution is 7.89. The molecule has 0 bridgehead atoms. The lowest BCUT2D eigenvalue weighted by Gasteiger charge is -2.17. The van der Waals surface area contributed by atoms with Gasteiger partial charge in [0.2, 0.25) is 10.0 Å². The van der Waals surface area contributed by atoms with E-state index in [2.05, 4.69) is 4.99 Å². The number of halogens is 1. The van der Waals surface area contributed by atoms with Crippen molar-refractivity contribution in [2.45, 2.75) is 30.9 Å². The van der Waals surface area contributed by atoms with Crippen LogP contribution in [-0.4, -0.2) is 42.9 Å². The predicted octanol–water partition coefficient (Wildman–Crippen LogP) is 2.29. The van der Waals surface area contributed by atoms with E-state index in [1.54, 1.807) is 18.2 Å². The highest BCUT2D eigenvalue weighted by atomic mass is 35.5. The summed E-state index contributed by atoms with van der Waals surface area (Å²) in [7, 11) is -3.62. The van der Waals surface area contributed by atoms with Crippen molar-refractivity contribution in [2.75, 3.05) is 13.1 Å². The van der Waals surface area contributed by atoms with Crippen LogP contribution in [0.1, 0.15) is 23.1 Å². The van der Waals surface area contributed by atoms with Gasteiger partial charge in [0, 0.05) is 24.2 Å². The lowest BCUT2D eigenvalue weighted by molar-refractivity contribution is 0.189. The number of hydrogen-bond donors (Lipinski definition) is 2. The fraction of sp³-hybridized carbons (Fsp3) is 0.316. The van der Waals surface area contributed by atoms with E-state index in [1.807, 2.05) is 19.1 Å². The van der Waals surface area contributed by atoms with Crippen LogP contribution in [0, 0.1) is 6.92 Å². The van der Waals surface area contributed by atoms with Crippen molar-refractivity contribution in [2.24, 2.45) is 10.7 Å². The molecule has 0 spiro atoms. The first-order chi connectivity index (χ1) is 12.8. The van der Waals surface area contributed by atoms with Crippen LogP contribution >= 0.6 is 11.6 Å². The minimum Gasteiger partial charge on any atom is -0.392 e. The van der Waals surface area contributed by atoms with Crippen molar-refractivity contribution in [3.63, 3.8) is 0 Å². The van der Waals surface area contributed by atoms with E-state index in [-0.39, 0.29) is 11.4 Å². The van der Waals surface area contributed by atoms with Gasteiger partial charge in [0.05, 0.1) is 22.6 Å². The molecule has 2 aromatic rings. The average molecular weight is 406 g/mol. The average Bonchev–Trinajstić information content (AvgIpc) is 3.22. The van der Waals surface area contributed by atoms with Gasteiger partial charge in [-0.3, -0.25) is 4.99 Å². The molecule has 1 fully saturated rings. The molecule has 0 amide bonds. The number of hydrogen-bond acceptors (Lipinski definition) is 5. The largest absolute Gasteiger partial charge is 0.392 e. The third kappa shape index (κ3) is 3.04. The van der Waals surface area contributed by atoms with Crippen molar-refractivity contribution in [3.8, 4) is 11.1 Å². The lowest BCUT2D eigenvalue weighted by Crippen LogP contribution is -2.29. The van der Waals surface area contributed by atoms with Gasteiger partial charge in [-0.25, -0.2) is 8.42 Å². The van der Waals surface area contributed by atoms with Crippen LogP contribution in [0.5, 0.6) is 0 Å². The number of benzene rings is 2. The summed E-state index contributed by atoms with van der Waals surface area (Å²) in [5, 5.41) is 10.2. The van der Waals surface area contributed by atoms with Crippen molar-refractivity contribution < 1.29 is 13.5 Å². The SMILES string of the molecule is Cc1cc(S(=O)(=O)N2CC[C@@H](O)C2)ccc1-c1ccc2c(c1Cl)C(N)=NC2. The van der Waals surface area contributed by atoms with Crippen LogP contribution in [0.2, 0.25) is 5.02 Å². The molecule has 142 valence electrons. The van der Waals surface area contributed by atoms with Crippen molar-refractivity contribution in [1.82, 2.24) is 4.31 Å². The summed E-state index contributed by atoms with van der Waals surface area (Å²) in [4.78, 5) is 4.44. The molecular formula is C19H20ClN3O3S. The highest BCUT2D eigenvalue weighted by Crippen LogP contribution is 2.37. The van der Waals surface area contributed by atoms with Gasteiger partial charge < -0.3 is 10.8 Å². The quantitative estimate of drug-likeness (QED) is 0.818. The zero-order valence-corrected chi connectivity index (χ0v) is 16.4. The number of nitrogens with two attached hydrogens (primary N) is 1. The Bertz CT molecular complexity index is 1070. The van der Waals surface area contributed by atoms with Crippen molar-refractivity contribution in [3.05, 3.63) is 52.0 Å². The molecule has 2 aliphatic rings. The Balaban J connectivity index is 1.74. The first-order valence-corrected chi connectivity index (χ1v) is 10.5. The maximum atomic E-state index is 12.8. The maximum Gasteiger partial charge on any atom is 0.243 e. The Morgan fingerprint density at radius 3 is 2.67 bits per heavy atom. The van der Waals surface area contributed by atoms with E-state index >= 15 is 0 Å². The van der Waals surface area contributed by atoms with E-state index in [1.165, 1.54) is 4.31 Å². The number of sulfonamides is 1. The monoisotopic (exact) mass is 405 g/mol. The molecule has 0 radical (unpaired) electrons. The van der Waals surface area contributed by atoms with E-state index < -0.39 is 16.1 Å². The standard InChI is InChI=1S/C19H20ClN3O3S/c1-11-8-14(27(25,26)23-7-6-13(24)10-23)3-5-15(11)16-4-2-12-9-22-19(21)17(12)18(16)20/h2-5,8,13,24H,6-7,9-10H2,1H3,(H2,21,22)/t13-/m1/s1. The molecular weight excluding hydrogens is 386 g/mol. The summed E-state index contributed by atoms with van der Waals surface area (Å²) < 4.78 is 26.9. The summed E-state index contributed by atoms with van der Waals surface area (Å²) in [5.41, 5.74) is 10.2. The molecule has 0 unspecified atom stereocenters. The predicted molar refractivity (Wildman–Crippen MR) is 105 cm³/mol. The van der Waals surface area contributed by atoms with E-state index in [4.69, 9.17) is 17.3 Å². The summed E-state index contributed by atoms with van der Waals surface area (Å²) in [6.45, 7) is 2.85. The smallest absolute Gasteiger partial charge is 0.243 e. The molecule has 2 aliphatic heterocycles. The third-order valence-corrected chi connectivity index (χ3v) is 7.41. The fourth-order valence-electron chi connectivity index (χ4n) is 3.66. The summed E-state index contributed by atoms with van der Waals surface area (Å²) in [5.74, 6) is 0.432. The van der Waals surface area contributed by atoms with Gasteiger partial charge >= 0.3 is 0 Å². The molecule has 0 aliphatic carbocycles. The van der Waals surface area contributed by atoms with Crippen LogP contribution in [0.3, 0.4) is 0 Å². The minimum absolute atomic E-state index is 0.137. The Morgan fingerprint density at radius 1 is 1.26 bits per heavy atom. The van der Waals surface area contributed by atoms with Crippen molar-refractivity contribution in [1.29, 1.82) is 0 Å². The number of nitrogens with zero attached hydrogens (tertiary/aromatic N) is 2. The number of rotatable bonds is 3. The molecule has 1 atom stereocenters. The Morgan fingerprint density at radius 2 is 2.00 bits per heavy atom. The third-order valence-electron chi connectivity index (χ3n) is 5.16. The number of amidine groups is 1. The molecule has 6 nitrogen and oxygen atoms in total. The van der Waals surface area contributed by atoms with Gasteiger partial charge in [-0.1, -0.05) is 29.8 Å². The Kier molecular flexibility index (Phi) is 4.50. The number of aryl methyl sites for hydroxylation is 1. The van der Waals surface area contributed by atoms with Crippen molar-refractivity contribution >= 4 is 27.5 Å². The molecule has 0 saturated carbocycles. The van der Waals surface area contributed by atoms with Crippen LogP contribution in [-0.2, 0) is 16.6 Å². The van der Waals surface area contributed by atoms with Crippen LogP contribution < -0.4 is 5.73 Å². The van der Waals surface area contributed by atoms with E-state index in [0.717, 1.165) is 27.8 Å². The summed E-state index contributed by atoms with van der Waals surface area (Å²) in [6.07, 6.45) is -0.137. The Labute approximate surface area is 163 Å².